The fraction of sp³-hybridized carbons (Fsp3) is 0.353. The SMILES string of the molecule is COC(=O)c1ccc([C@@H]2CN(c3cc(Cl)nnc3N)CCO2)cc1C. The van der Waals surface area contributed by atoms with Crippen LogP contribution in [0.1, 0.15) is 27.6 Å². The van der Waals surface area contributed by atoms with E-state index < -0.39 is 0 Å². The molecule has 2 heterocycles. The quantitative estimate of drug-likeness (QED) is 0.838. The molecule has 25 heavy (non-hydrogen) atoms. The van der Waals surface area contributed by atoms with E-state index in [9.17, 15) is 4.79 Å². The number of hydrogen-bond acceptors (Lipinski definition) is 7. The van der Waals surface area contributed by atoms with Crippen LogP contribution in [0.3, 0.4) is 0 Å². The molecule has 3 rings (SSSR count). The van der Waals surface area contributed by atoms with E-state index in [0.29, 0.717) is 36.2 Å². The average Bonchev–Trinajstić information content (AvgIpc) is 2.63. The highest BCUT2D eigenvalue weighted by Crippen LogP contribution is 2.30. The maximum absolute atomic E-state index is 11.7. The molecule has 1 atom stereocenters. The van der Waals surface area contributed by atoms with Crippen molar-refractivity contribution in [3.05, 3.63) is 46.1 Å². The number of nitrogens with zero attached hydrogens (tertiary/aromatic N) is 3. The second-order valence-corrected chi connectivity index (χ2v) is 6.20. The number of carbonyl (C=O) groups excluding carboxylic acids is 1. The number of ether oxygens (including phenoxy) is 2. The highest BCUT2D eigenvalue weighted by molar-refractivity contribution is 6.29. The molecular weight excluding hydrogens is 344 g/mol. The molecule has 1 aliphatic rings. The van der Waals surface area contributed by atoms with Crippen LogP contribution in [0, 0.1) is 6.92 Å². The zero-order chi connectivity index (χ0) is 18.0. The minimum atomic E-state index is -0.347. The van der Waals surface area contributed by atoms with Gasteiger partial charge in [0.25, 0.3) is 0 Å². The summed E-state index contributed by atoms with van der Waals surface area (Å²) in [6, 6.07) is 7.30. The highest BCUT2D eigenvalue weighted by atomic mass is 35.5. The second-order valence-electron chi connectivity index (χ2n) is 5.81. The van der Waals surface area contributed by atoms with Gasteiger partial charge in [-0.3, -0.25) is 0 Å². The molecule has 0 saturated carbocycles. The largest absolute Gasteiger partial charge is 0.465 e. The van der Waals surface area contributed by atoms with E-state index in [-0.39, 0.29) is 12.1 Å². The van der Waals surface area contributed by atoms with Gasteiger partial charge in [-0.05, 0) is 24.1 Å². The van der Waals surface area contributed by atoms with E-state index in [0.717, 1.165) is 16.8 Å². The van der Waals surface area contributed by atoms with E-state index in [4.69, 9.17) is 26.8 Å². The van der Waals surface area contributed by atoms with Crippen LogP contribution in [0.5, 0.6) is 0 Å². The first-order chi connectivity index (χ1) is 12.0. The number of carbonyl (C=O) groups is 1. The van der Waals surface area contributed by atoms with Crippen molar-refractivity contribution >= 4 is 29.1 Å². The summed E-state index contributed by atoms with van der Waals surface area (Å²) < 4.78 is 10.7. The summed E-state index contributed by atoms with van der Waals surface area (Å²) in [5.74, 6) is -0.0113. The van der Waals surface area contributed by atoms with Gasteiger partial charge in [0.1, 0.15) is 6.10 Å². The first kappa shape index (κ1) is 17.4. The van der Waals surface area contributed by atoms with Gasteiger partial charge < -0.3 is 20.1 Å². The lowest BCUT2D eigenvalue weighted by atomic mass is 10.0. The number of morpholine rings is 1. The normalized spacial score (nSPS) is 17.4. The summed E-state index contributed by atoms with van der Waals surface area (Å²) in [5, 5.41) is 7.91. The minimum absolute atomic E-state index is 0.148. The van der Waals surface area contributed by atoms with Crippen molar-refractivity contribution in [2.75, 3.05) is 37.4 Å². The maximum atomic E-state index is 11.7. The zero-order valence-electron chi connectivity index (χ0n) is 14.0. The number of benzene rings is 1. The Morgan fingerprint density at radius 2 is 2.20 bits per heavy atom. The van der Waals surface area contributed by atoms with Gasteiger partial charge in [-0.25, -0.2) is 4.79 Å². The number of nitrogens with two attached hydrogens (primary N) is 1. The summed E-state index contributed by atoms with van der Waals surface area (Å²) in [4.78, 5) is 13.8. The Hall–Kier alpha value is -2.38. The van der Waals surface area contributed by atoms with E-state index in [2.05, 4.69) is 15.1 Å². The van der Waals surface area contributed by atoms with Crippen LogP contribution in [-0.2, 0) is 9.47 Å². The number of aryl methyl sites for hydroxylation is 1. The van der Waals surface area contributed by atoms with Crippen molar-refractivity contribution in [3.63, 3.8) is 0 Å². The van der Waals surface area contributed by atoms with Crippen LogP contribution in [0.25, 0.3) is 0 Å². The minimum Gasteiger partial charge on any atom is -0.465 e. The second kappa shape index (κ2) is 7.25. The Morgan fingerprint density at radius 1 is 1.40 bits per heavy atom. The van der Waals surface area contributed by atoms with Crippen molar-refractivity contribution in [3.8, 4) is 0 Å². The molecule has 1 saturated heterocycles. The highest BCUT2D eigenvalue weighted by Gasteiger charge is 2.25. The summed E-state index contributed by atoms with van der Waals surface area (Å²) in [6.45, 7) is 3.70. The van der Waals surface area contributed by atoms with E-state index in [1.54, 1.807) is 12.1 Å². The fourth-order valence-corrected chi connectivity index (χ4v) is 3.06. The smallest absolute Gasteiger partial charge is 0.338 e. The molecule has 7 nitrogen and oxygen atoms in total. The molecular formula is C17H19ClN4O3. The molecule has 0 bridgehead atoms. The molecule has 8 heteroatoms. The summed E-state index contributed by atoms with van der Waals surface area (Å²) >= 11 is 5.94. The third-order valence-electron chi connectivity index (χ3n) is 4.21. The lowest BCUT2D eigenvalue weighted by molar-refractivity contribution is 0.0397. The number of aromatic nitrogens is 2. The molecule has 2 aromatic rings. The van der Waals surface area contributed by atoms with E-state index >= 15 is 0 Å². The van der Waals surface area contributed by atoms with Gasteiger partial charge in [0.2, 0.25) is 0 Å². The molecule has 0 amide bonds. The topological polar surface area (TPSA) is 90.6 Å². The van der Waals surface area contributed by atoms with Gasteiger partial charge in [-0.2, -0.15) is 0 Å². The van der Waals surface area contributed by atoms with Gasteiger partial charge in [0.05, 0.1) is 25.0 Å². The zero-order valence-corrected chi connectivity index (χ0v) is 14.8. The molecule has 1 aromatic carbocycles. The molecule has 2 N–H and O–H groups in total. The van der Waals surface area contributed by atoms with Crippen molar-refractivity contribution in [1.29, 1.82) is 0 Å². The summed E-state index contributed by atoms with van der Waals surface area (Å²) in [7, 11) is 1.37. The standard InChI is InChI=1S/C17H19ClN4O3/c1-10-7-11(3-4-12(10)17(23)24-2)14-9-22(5-6-25-14)13-8-15(18)20-21-16(13)19/h3-4,7-8,14H,5-6,9H2,1-2H3,(H2,19,21)/t14-/m0/s1. The molecule has 1 fully saturated rings. The molecule has 0 spiro atoms. The van der Waals surface area contributed by atoms with E-state index in [1.807, 2.05) is 19.1 Å². The Bertz CT molecular complexity index is 799. The Kier molecular flexibility index (Phi) is 5.06. The molecule has 0 unspecified atom stereocenters. The number of anilines is 2. The third kappa shape index (κ3) is 3.67. The lowest BCUT2D eigenvalue weighted by Gasteiger charge is -2.35. The molecule has 1 aliphatic heterocycles. The number of rotatable bonds is 3. The summed E-state index contributed by atoms with van der Waals surface area (Å²) in [5.41, 5.74) is 9.06. The number of nitrogen functional groups attached to an aromatic ring is 1. The monoisotopic (exact) mass is 362 g/mol. The Balaban J connectivity index is 1.83. The number of hydrogen-bond donors (Lipinski definition) is 1. The number of halogens is 1. The van der Waals surface area contributed by atoms with Gasteiger partial charge in [0.15, 0.2) is 11.0 Å². The first-order valence-electron chi connectivity index (χ1n) is 7.83. The van der Waals surface area contributed by atoms with Crippen LogP contribution in [0.4, 0.5) is 11.5 Å². The van der Waals surface area contributed by atoms with Gasteiger partial charge >= 0.3 is 5.97 Å². The lowest BCUT2D eigenvalue weighted by Crippen LogP contribution is -2.39. The van der Waals surface area contributed by atoms with Gasteiger partial charge in [-0.1, -0.05) is 23.7 Å². The summed E-state index contributed by atoms with van der Waals surface area (Å²) in [6.07, 6.45) is -0.148. The van der Waals surface area contributed by atoms with Gasteiger partial charge in [-0.15, -0.1) is 10.2 Å². The fourth-order valence-electron chi connectivity index (χ4n) is 2.92. The predicted octanol–water partition coefficient (Wildman–Crippen LogP) is 2.39. The maximum Gasteiger partial charge on any atom is 0.338 e. The average molecular weight is 363 g/mol. The van der Waals surface area contributed by atoms with Crippen LogP contribution >= 0.6 is 11.6 Å². The van der Waals surface area contributed by atoms with Crippen molar-refractivity contribution in [2.45, 2.75) is 13.0 Å². The first-order valence-corrected chi connectivity index (χ1v) is 8.21. The Labute approximate surface area is 150 Å². The van der Waals surface area contributed by atoms with Crippen molar-refractivity contribution in [2.24, 2.45) is 0 Å². The number of esters is 1. The molecule has 1 aromatic heterocycles. The van der Waals surface area contributed by atoms with E-state index in [1.165, 1.54) is 7.11 Å². The molecule has 0 radical (unpaired) electrons. The molecule has 132 valence electrons. The van der Waals surface area contributed by atoms with Gasteiger partial charge in [0, 0.05) is 19.2 Å². The van der Waals surface area contributed by atoms with Crippen molar-refractivity contribution in [1.82, 2.24) is 10.2 Å². The third-order valence-corrected chi connectivity index (χ3v) is 4.39. The number of methoxy groups -OCH3 is 1. The predicted molar refractivity (Wildman–Crippen MR) is 94.9 cm³/mol. The van der Waals surface area contributed by atoms with Crippen molar-refractivity contribution < 1.29 is 14.3 Å². The van der Waals surface area contributed by atoms with Crippen LogP contribution in [0.15, 0.2) is 24.3 Å². The molecule has 0 aliphatic carbocycles. The van der Waals surface area contributed by atoms with Crippen LogP contribution < -0.4 is 10.6 Å². The van der Waals surface area contributed by atoms with Crippen LogP contribution in [0.2, 0.25) is 5.15 Å². The Morgan fingerprint density at radius 3 is 2.92 bits per heavy atom. The van der Waals surface area contributed by atoms with Crippen LogP contribution in [-0.4, -0.2) is 43.0 Å².